The Bertz CT molecular complexity index is 638. The van der Waals surface area contributed by atoms with Crippen LogP contribution < -0.4 is 10.6 Å². The molecule has 0 saturated heterocycles. The summed E-state index contributed by atoms with van der Waals surface area (Å²) in [4.78, 5) is 25.2. The number of ether oxygens (including phenoxy) is 1. The highest BCUT2D eigenvalue weighted by atomic mass is 32.2. The van der Waals surface area contributed by atoms with Crippen LogP contribution in [0.2, 0.25) is 0 Å². The molecular weight excluding hydrogens is 300 g/mol. The molecule has 3 rings (SSSR count). The van der Waals surface area contributed by atoms with E-state index in [9.17, 15) is 9.59 Å². The number of allylic oxidation sites excluding steroid dienone is 1. The number of hydrogen-bond acceptors (Lipinski definition) is 4. The van der Waals surface area contributed by atoms with Crippen LogP contribution in [0.4, 0.5) is 5.69 Å². The molecule has 2 aliphatic rings. The van der Waals surface area contributed by atoms with Crippen molar-refractivity contribution >= 4 is 29.3 Å². The highest BCUT2D eigenvalue weighted by Crippen LogP contribution is 2.27. The van der Waals surface area contributed by atoms with E-state index in [1.165, 1.54) is 11.8 Å². The van der Waals surface area contributed by atoms with Gasteiger partial charge in [-0.05, 0) is 31.9 Å². The summed E-state index contributed by atoms with van der Waals surface area (Å²) in [6.07, 6.45) is 2.06. The van der Waals surface area contributed by atoms with Crippen molar-refractivity contribution < 1.29 is 14.3 Å². The van der Waals surface area contributed by atoms with Gasteiger partial charge in [-0.3, -0.25) is 9.59 Å². The zero-order chi connectivity index (χ0) is 15.5. The quantitative estimate of drug-likeness (QED) is 0.895. The maximum absolute atomic E-state index is 12.4. The molecule has 6 heteroatoms. The van der Waals surface area contributed by atoms with Crippen LogP contribution in [0, 0.1) is 0 Å². The normalized spacial score (nSPS) is 17.7. The van der Waals surface area contributed by atoms with E-state index in [2.05, 4.69) is 10.6 Å². The Balaban J connectivity index is 1.77. The van der Waals surface area contributed by atoms with Gasteiger partial charge in [-0.15, -0.1) is 11.8 Å². The highest BCUT2D eigenvalue weighted by molar-refractivity contribution is 8.04. The summed E-state index contributed by atoms with van der Waals surface area (Å²) in [7, 11) is 0. The first-order chi connectivity index (χ1) is 10.6. The Morgan fingerprint density at radius 3 is 2.73 bits per heavy atom. The van der Waals surface area contributed by atoms with Gasteiger partial charge in [0.2, 0.25) is 0 Å². The Morgan fingerprint density at radius 1 is 1.23 bits per heavy atom. The Morgan fingerprint density at radius 2 is 2.00 bits per heavy atom. The standard InChI is InChI=1S/C16H18N2O3S/c1-10-14(22-9-8-21-10)16(20)18-13-5-3-2-4-12(13)15(19)17-11-6-7-11/h2-5,11H,6-9H2,1H3,(H,17,19)(H,18,20). The fourth-order valence-corrected chi connectivity index (χ4v) is 3.01. The number of nitrogens with one attached hydrogen (secondary N) is 2. The predicted molar refractivity (Wildman–Crippen MR) is 86.7 cm³/mol. The topological polar surface area (TPSA) is 67.4 Å². The van der Waals surface area contributed by atoms with Gasteiger partial charge in [0.15, 0.2) is 0 Å². The number of benzene rings is 1. The summed E-state index contributed by atoms with van der Waals surface area (Å²) in [6.45, 7) is 2.40. The summed E-state index contributed by atoms with van der Waals surface area (Å²) in [6, 6.07) is 7.34. The minimum Gasteiger partial charge on any atom is -0.496 e. The molecule has 2 N–H and O–H groups in total. The molecule has 22 heavy (non-hydrogen) atoms. The van der Waals surface area contributed by atoms with Gasteiger partial charge in [-0.1, -0.05) is 12.1 Å². The van der Waals surface area contributed by atoms with Crippen molar-refractivity contribution in [3.8, 4) is 0 Å². The van der Waals surface area contributed by atoms with E-state index in [4.69, 9.17) is 4.74 Å². The van der Waals surface area contributed by atoms with E-state index in [1.807, 2.05) is 0 Å². The second-order valence-electron chi connectivity index (χ2n) is 5.33. The number of hydrogen-bond donors (Lipinski definition) is 2. The number of para-hydroxylation sites is 1. The van der Waals surface area contributed by atoms with Gasteiger partial charge in [-0.2, -0.15) is 0 Å². The Hall–Kier alpha value is -1.95. The van der Waals surface area contributed by atoms with Crippen molar-refractivity contribution in [2.75, 3.05) is 17.7 Å². The van der Waals surface area contributed by atoms with Crippen molar-refractivity contribution in [3.05, 3.63) is 40.5 Å². The molecule has 1 aliphatic heterocycles. The van der Waals surface area contributed by atoms with Gasteiger partial charge in [-0.25, -0.2) is 0 Å². The van der Waals surface area contributed by atoms with Crippen molar-refractivity contribution in [1.82, 2.24) is 5.32 Å². The summed E-state index contributed by atoms with van der Waals surface area (Å²) in [5, 5.41) is 5.77. The number of carbonyl (C=O) groups is 2. The van der Waals surface area contributed by atoms with Crippen LogP contribution in [0.3, 0.4) is 0 Å². The van der Waals surface area contributed by atoms with Gasteiger partial charge in [0, 0.05) is 11.8 Å². The van der Waals surface area contributed by atoms with E-state index >= 15 is 0 Å². The summed E-state index contributed by atoms with van der Waals surface area (Å²) < 4.78 is 5.41. The van der Waals surface area contributed by atoms with Crippen molar-refractivity contribution in [3.63, 3.8) is 0 Å². The van der Waals surface area contributed by atoms with Crippen LogP contribution in [0.1, 0.15) is 30.1 Å². The number of carbonyl (C=O) groups excluding carboxylic acids is 2. The Kier molecular flexibility index (Phi) is 4.38. The molecule has 0 radical (unpaired) electrons. The molecule has 5 nitrogen and oxygen atoms in total. The molecule has 1 fully saturated rings. The van der Waals surface area contributed by atoms with E-state index in [1.54, 1.807) is 31.2 Å². The van der Waals surface area contributed by atoms with Crippen LogP contribution in [0.15, 0.2) is 34.9 Å². The lowest BCUT2D eigenvalue weighted by Crippen LogP contribution is -2.27. The van der Waals surface area contributed by atoms with Crippen LogP contribution in [0.25, 0.3) is 0 Å². The fourth-order valence-electron chi connectivity index (χ4n) is 2.19. The molecule has 1 aliphatic carbocycles. The molecule has 1 aromatic rings. The van der Waals surface area contributed by atoms with Crippen LogP contribution in [-0.4, -0.2) is 30.2 Å². The lowest BCUT2D eigenvalue weighted by Gasteiger charge is -2.18. The van der Waals surface area contributed by atoms with Crippen molar-refractivity contribution in [2.24, 2.45) is 0 Å². The third-order valence-electron chi connectivity index (χ3n) is 3.51. The third kappa shape index (κ3) is 3.44. The van der Waals surface area contributed by atoms with E-state index in [0.29, 0.717) is 28.5 Å². The molecular formula is C16H18N2O3S. The largest absolute Gasteiger partial charge is 0.496 e. The first kappa shape index (κ1) is 15.0. The maximum Gasteiger partial charge on any atom is 0.265 e. The Labute approximate surface area is 133 Å². The molecule has 1 aromatic carbocycles. The van der Waals surface area contributed by atoms with Gasteiger partial charge in [0.1, 0.15) is 10.7 Å². The second kappa shape index (κ2) is 6.44. The minimum atomic E-state index is -0.228. The molecule has 0 bridgehead atoms. The monoisotopic (exact) mass is 318 g/mol. The van der Waals surface area contributed by atoms with Crippen LogP contribution in [0.5, 0.6) is 0 Å². The number of anilines is 1. The molecule has 1 saturated carbocycles. The van der Waals surface area contributed by atoms with Gasteiger partial charge >= 0.3 is 0 Å². The van der Waals surface area contributed by atoms with Crippen molar-refractivity contribution in [1.29, 1.82) is 0 Å². The SMILES string of the molecule is CC1=C(C(=O)Nc2ccccc2C(=O)NC2CC2)SCCO1. The molecule has 0 unspecified atom stereocenters. The molecule has 2 amide bonds. The molecule has 0 spiro atoms. The fraction of sp³-hybridized carbons (Fsp3) is 0.375. The minimum absolute atomic E-state index is 0.142. The first-order valence-corrected chi connectivity index (χ1v) is 8.31. The molecule has 116 valence electrons. The van der Waals surface area contributed by atoms with Gasteiger partial charge in [0.05, 0.1) is 17.9 Å². The zero-order valence-electron chi connectivity index (χ0n) is 12.3. The van der Waals surface area contributed by atoms with E-state index < -0.39 is 0 Å². The van der Waals surface area contributed by atoms with Crippen molar-refractivity contribution in [2.45, 2.75) is 25.8 Å². The number of rotatable bonds is 4. The lowest BCUT2D eigenvalue weighted by atomic mass is 10.1. The van der Waals surface area contributed by atoms with Crippen LogP contribution >= 0.6 is 11.8 Å². The average molecular weight is 318 g/mol. The van der Waals surface area contributed by atoms with Gasteiger partial charge < -0.3 is 15.4 Å². The maximum atomic E-state index is 12.4. The number of amides is 2. The first-order valence-electron chi connectivity index (χ1n) is 7.33. The van der Waals surface area contributed by atoms with E-state index in [0.717, 1.165) is 18.6 Å². The zero-order valence-corrected chi connectivity index (χ0v) is 13.2. The average Bonchev–Trinajstić information content (AvgIpc) is 3.32. The molecule has 1 heterocycles. The molecule has 0 aromatic heterocycles. The smallest absolute Gasteiger partial charge is 0.265 e. The van der Waals surface area contributed by atoms with Gasteiger partial charge in [0.25, 0.3) is 11.8 Å². The third-order valence-corrected chi connectivity index (χ3v) is 4.64. The summed E-state index contributed by atoms with van der Waals surface area (Å²) in [5.41, 5.74) is 1.01. The number of thioether (sulfide) groups is 1. The van der Waals surface area contributed by atoms with E-state index in [-0.39, 0.29) is 17.9 Å². The van der Waals surface area contributed by atoms with Crippen LogP contribution in [-0.2, 0) is 9.53 Å². The summed E-state index contributed by atoms with van der Waals surface area (Å²) in [5.74, 6) is 1.02. The highest BCUT2D eigenvalue weighted by Gasteiger charge is 2.25. The lowest BCUT2D eigenvalue weighted by molar-refractivity contribution is -0.112. The second-order valence-corrected chi connectivity index (χ2v) is 6.43. The molecule has 0 atom stereocenters. The summed E-state index contributed by atoms with van der Waals surface area (Å²) >= 11 is 1.48. The predicted octanol–water partition coefficient (Wildman–Crippen LogP) is 2.51.